The third-order valence-corrected chi connectivity index (χ3v) is 4.33. The molecule has 2 N–H and O–H groups in total. The average Bonchev–Trinajstić information content (AvgIpc) is 2.55. The van der Waals surface area contributed by atoms with Crippen LogP contribution >= 0.6 is 0 Å². The molecule has 0 bridgehead atoms. The summed E-state index contributed by atoms with van der Waals surface area (Å²) in [6, 6.07) is 5.39. The van der Waals surface area contributed by atoms with Gasteiger partial charge in [0.05, 0.1) is 19.9 Å². The Bertz CT molecular complexity index is 499. The maximum Gasteiger partial charge on any atom is 0.224 e. The van der Waals surface area contributed by atoms with Crippen molar-refractivity contribution in [3.8, 4) is 11.5 Å². The van der Waals surface area contributed by atoms with E-state index >= 15 is 0 Å². The fourth-order valence-corrected chi connectivity index (χ4v) is 2.93. The molecule has 2 rings (SSSR count). The number of benzene rings is 1. The van der Waals surface area contributed by atoms with Crippen LogP contribution in [0.2, 0.25) is 0 Å². The van der Waals surface area contributed by atoms with Crippen molar-refractivity contribution in [1.82, 2.24) is 5.32 Å². The molecule has 5 nitrogen and oxygen atoms in total. The monoisotopic (exact) mass is 306 g/mol. The summed E-state index contributed by atoms with van der Waals surface area (Å²) in [5.41, 5.74) is 0.683. The van der Waals surface area contributed by atoms with Crippen molar-refractivity contribution >= 4 is 11.6 Å². The summed E-state index contributed by atoms with van der Waals surface area (Å²) < 4.78 is 10.5. The van der Waals surface area contributed by atoms with Gasteiger partial charge in [-0.25, -0.2) is 0 Å². The zero-order valence-electron chi connectivity index (χ0n) is 13.6. The zero-order chi connectivity index (χ0) is 15.9. The van der Waals surface area contributed by atoms with Crippen LogP contribution < -0.4 is 20.1 Å². The van der Waals surface area contributed by atoms with Crippen LogP contribution in [0.1, 0.15) is 26.2 Å². The zero-order valence-corrected chi connectivity index (χ0v) is 13.6. The van der Waals surface area contributed by atoms with E-state index in [1.54, 1.807) is 20.3 Å². The lowest BCUT2D eigenvalue weighted by Crippen LogP contribution is -2.34. The van der Waals surface area contributed by atoms with Gasteiger partial charge < -0.3 is 20.1 Å². The van der Waals surface area contributed by atoms with Crippen LogP contribution in [-0.4, -0.2) is 33.2 Å². The first-order chi connectivity index (χ1) is 10.6. The number of carbonyl (C=O) groups excluding carboxylic acids is 1. The second-order valence-corrected chi connectivity index (χ2v) is 5.90. The van der Waals surface area contributed by atoms with E-state index in [9.17, 15) is 4.79 Å². The van der Waals surface area contributed by atoms with Gasteiger partial charge in [0.1, 0.15) is 11.5 Å². The minimum Gasteiger partial charge on any atom is -0.497 e. The number of nitrogens with one attached hydrogen (secondary N) is 2. The number of hydrogen-bond donors (Lipinski definition) is 2. The van der Waals surface area contributed by atoms with Crippen LogP contribution in [0.5, 0.6) is 11.5 Å². The second-order valence-electron chi connectivity index (χ2n) is 5.90. The number of piperidine rings is 1. The Morgan fingerprint density at radius 3 is 2.86 bits per heavy atom. The summed E-state index contributed by atoms with van der Waals surface area (Å²) in [4.78, 5) is 12.3. The Morgan fingerprint density at radius 1 is 1.41 bits per heavy atom. The maximum atomic E-state index is 12.3. The predicted molar refractivity (Wildman–Crippen MR) is 87.6 cm³/mol. The standard InChI is InChI=1S/C17H26N2O3/c1-12(13-5-4-8-18-11-13)9-17(20)19-15-7-6-14(21-2)10-16(15)22-3/h6-7,10,12-13,18H,4-5,8-9,11H2,1-3H3,(H,19,20). The van der Waals surface area contributed by atoms with Crippen LogP contribution in [0.3, 0.4) is 0 Å². The third kappa shape index (κ3) is 4.37. The molecule has 1 aliphatic heterocycles. The largest absolute Gasteiger partial charge is 0.497 e. The van der Waals surface area contributed by atoms with E-state index < -0.39 is 0 Å². The number of amides is 1. The summed E-state index contributed by atoms with van der Waals surface area (Å²) in [6.07, 6.45) is 2.93. The molecule has 0 aliphatic carbocycles. The van der Waals surface area contributed by atoms with Crippen molar-refractivity contribution in [1.29, 1.82) is 0 Å². The first-order valence-corrected chi connectivity index (χ1v) is 7.86. The van der Waals surface area contributed by atoms with Crippen LogP contribution in [0.15, 0.2) is 18.2 Å². The molecule has 1 fully saturated rings. The van der Waals surface area contributed by atoms with Gasteiger partial charge in [0, 0.05) is 12.5 Å². The number of ether oxygens (including phenoxy) is 2. The van der Waals surface area contributed by atoms with Crippen molar-refractivity contribution in [3.05, 3.63) is 18.2 Å². The molecule has 0 radical (unpaired) electrons. The molecule has 1 aromatic carbocycles. The molecule has 1 heterocycles. The van der Waals surface area contributed by atoms with E-state index in [1.165, 1.54) is 12.8 Å². The Kier molecular flexibility index (Phi) is 6.07. The lowest BCUT2D eigenvalue weighted by atomic mass is 9.85. The molecule has 0 aromatic heterocycles. The van der Waals surface area contributed by atoms with Crippen molar-refractivity contribution in [2.24, 2.45) is 11.8 Å². The van der Waals surface area contributed by atoms with Gasteiger partial charge in [-0.2, -0.15) is 0 Å². The first kappa shape index (κ1) is 16.6. The molecule has 1 saturated heterocycles. The smallest absolute Gasteiger partial charge is 0.224 e. The van der Waals surface area contributed by atoms with Gasteiger partial charge >= 0.3 is 0 Å². The first-order valence-electron chi connectivity index (χ1n) is 7.86. The number of anilines is 1. The number of hydrogen-bond acceptors (Lipinski definition) is 4. The van der Waals surface area contributed by atoms with E-state index in [4.69, 9.17) is 9.47 Å². The highest BCUT2D eigenvalue weighted by atomic mass is 16.5. The van der Waals surface area contributed by atoms with Crippen molar-refractivity contribution < 1.29 is 14.3 Å². The van der Waals surface area contributed by atoms with Crippen LogP contribution in [-0.2, 0) is 4.79 Å². The molecule has 0 spiro atoms. The molecular formula is C17H26N2O3. The molecule has 22 heavy (non-hydrogen) atoms. The molecule has 2 unspecified atom stereocenters. The van der Waals surface area contributed by atoms with Crippen LogP contribution in [0.25, 0.3) is 0 Å². The van der Waals surface area contributed by atoms with E-state index in [0.717, 1.165) is 13.1 Å². The van der Waals surface area contributed by atoms with Crippen molar-refractivity contribution in [2.45, 2.75) is 26.2 Å². The van der Waals surface area contributed by atoms with Crippen LogP contribution in [0, 0.1) is 11.8 Å². The molecule has 2 atom stereocenters. The number of carbonyl (C=O) groups is 1. The minimum atomic E-state index is 0.0292. The number of rotatable bonds is 6. The van der Waals surface area contributed by atoms with Gasteiger partial charge in [-0.15, -0.1) is 0 Å². The molecule has 5 heteroatoms. The van der Waals surface area contributed by atoms with Gasteiger partial charge in [-0.3, -0.25) is 4.79 Å². The Labute approximate surface area is 132 Å². The highest BCUT2D eigenvalue weighted by molar-refractivity contribution is 5.92. The summed E-state index contributed by atoms with van der Waals surface area (Å²) in [5, 5.41) is 6.35. The second kappa shape index (κ2) is 8.03. The average molecular weight is 306 g/mol. The Morgan fingerprint density at radius 2 is 2.23 bits per heavy atom. The lowest BCUT2D eigenvalue weighted by molar-refractivity contribution is -0.117. The van der Waals surface area contributed by atoms with E-state index in [1.807, 2.05) is 12.1 Å². The molecular weight excluding hydrogens is 280 g/mol. The quantitative estimate of drug-likeness (QED) is 0.848. The van der Waals surface area contributed by atoms with Crippen LogP contribution in [0.4, 0.5) is 5.69 Å². The van der Waals surface area contributed by atoms with E-state index in [-0.39, 0.29) is 5.91 Å². The highest BCUT2D eigenvalue weighted by Crippen LogP contribution is 2.30. The van der Waals surface area contributed by atoms with Crippen molar-refractivity contribution in [2.75, 3.05) is 32.6 Å². The van der Waals surface area contributed by atoms with Gasteiger partial charge in [-0.1, -0.05) is 6.92 Å². The summed E-state index contributed by atoms with van der Waals surface area (Å²) in [6.45, 7) is 4.27. The summed E-state index contributed by atoms with van der Waals surface area (Å²) in [7, 11) is 3.19. The summed E-state index contributed by atoms with van der Waals surface area (Å²) in [5.74, 6) is 2.30. The predicted octanol–water partition coefficient (Wildman–Crippen LogP) is 2.67. The topological polar surface area (TPSA) is 59.6 Å². The SMILES string of the molecule is COc1ccc(NC(=O)CC(C)C2CCCNC2)c(OC)c1. The summed E-state index contributed by atoms with van der Waals surface area (Å²) >= 11 is 0. The van der Waals surface area contributed by atoms with Gasteiger partial charge in [0.25, 0.3) is 0 Å². The van der Waals surface area contributed by atoms with E-state index in [0.29, 0.717) is 35.4 Å². The fourth-order valence-electron chi connectivity index (χ4n) is 2.93. The fraction of sp³-hybridized carbons (Fsp3) is 0.588. The van der Waals surface area contributed by atoms with Gasteiger partial charge in [-0.05, 0) is 49.9 Å². The lowest BCUT2D eigenvalue weighted by Gasteiger charge is -2.28. The molecule has 1 aromatic rings. The number of methoxy groups -OCH3 is 2. The molecule has 1 aliphatic rings. The van der Waals surface area contributed by atoms with Gasteiger partial charge in [0.2, 0.25) is 5.91 Å². The van der Waals surface area contributed by atoms with Gasteiger partial charge in [0.15, 0.2) is 0 Å². The minimum absolute atomic E-state index is 0.0292. The normalized spacial score (nSPS) is 19.3. The Hall–Kier alpha value is -1.75. The third-order valence-electron chi connectivity index (χ3n) is 4.33. The highest BCUT2D eigenvalue weighted by Gasteiger charge is 2.22. The molecule has 122 valence electrons. The van der Waals surface area contributed by atoms with E-state index in [2.05, 4.69) is 17.6 Å². The molecule has 1 amide bonds. The molecule has 0 saturated carbocycles. The Balaban J connectivity index is 1.93. The van der Waals surface area contributed by atoms with Crippen molar-refractivity contribution in [3.63, 3.8) is 0 Å². The maximum absolute atomic E-state index is 12.3.